The number of aliphatic hydroxyl groups excluding tert-OH is 2. The molecule has 204 valence electrons. The van der Waals surface area contributed by atoms with Crippen molar-refractivity contribution in [2.45, 2.75) is 57.5 Å². The molecule has 1 fully saturated rings. The van der Waals surface area contributed by atoms with Gasteiger partial charge in [-0.15, -0.1) is 0 Å². The van der Waals surface area contributed by atoms with Crippen molar-refractivity contribution in [3.63, 3.8) is 0 Å². The van der Waals surface area contributed by atoms with Crippen LogP contribution in [0.1, 0.15) is 50.8 Å². The average Bonchev–Trinajstić information content (AvgIpc) is 3.24. The smallest absolute Gasteiger partial charge is 0.330 e. The van der Waals surface area contributed by atoms with E-state index in [0.29, 0.717) is 22.8 Å². The standard InChI is InChI=1S/C27H28ClN5O6/c1-27(2)8-17-23(19(36)9-27)22(15(10-29)24(30)33(17)14-5-3-13(28)4-6-14)16-11-32(26(38)31-25(16)37)21-7-18(35)20(12-34)39-21/h3-6,11,18,20-22,34-35H,7-9,12,30H2,1-2H3,(H,31,37,38)/t18?,20-,21-,22?/m1/s1. The summed E-state index contributed by atoms with van der Waals surface area (Å²) in [6.07, 6.45) is -1.04. The van der Waals surface area contributed by atoms with Crippen molar-refractivity contribution in [1.29, 1.82) is 5.26 Å². The third kappa shape index (κ3) is 4.59. The molecule has 0 spiro atoms. The summed E-state index contributed by atoms with van der Waals surface area (Å²) < 4.78 is 6.73. The largest absolute Gasteiger partial charge is 0.394 e. The highest BCUT2D eigenvalue weighted by Gasteiger charge is 2.46. The molecule has 5 rings (SSSR count). The molecule has 39 heavy (non-hydrogen) atoms. The SMILES string of the molecule is CC1(C)CC(=O)C2=C(C1)N(c1ccc(Cl)cc1)C(N)=C(C#N)C2c1cn([C@H]2CC(O)[C@@H](CO)O2)c(=O)[nH]c1=O. The number of carbonyl (C=O) groups is 1. The number of aromatic amines is 1. The number of halogens is 1. The van der Waals surface area contributed by atoms with E-state index in [1.165, 1.54) is 6.20 Å². The summed E-state index contributed by atoms with van der Waals surface area (Å²) in [7, 11) is 0. The molecule has 0 radical (unpaired) electrons. The first-order valence-corrected chi connectivity index (χ1v) is 12.8. The van der Waals surface area contributed by atoms with Crippen molar-refractivity contribution in [2.24, 2.45) is 11.1 Å². The number of aromatic nitrogens is 2. The molecule has 12 heteroatoms. The van der Waals surface area contributed by atoms with E-state index in [9.17, 15) is 29.9 Å². The predicted molar refractivity (Wildman–Crippen MR) is 141 cm³/mol. The molecule has 11 nitrogen and oxygen atoms in total. The highest BCUT2D eigenvalue weighted by Crippen LogP contribution is 2.49. The van der Waals surface area contributed by atoms with Crippen LogP contribution in [0.3, 0.4) is 0 Å². The highest BCUT2D eigenvalue weighted by molar-refractivity contribution is 6.30. The molecule has 2 aliphatic heterocycles. The second kappa shape index (κ2) is 9.81. The lowest BCUT2D eigenvalue weighted by molar-refractivity contribution is -0.118. The number of rotatable bonds is 4. The molecular weight excluding hydrogens is 526 g/mol. The zero-order valence-corrected chi connectivity index (χ0v) is 22.1. The number of Topliss-reactive ketones (excluding diaryl/α,β-unsaturated/α-hetero) is 1. The first-order valence-electron chi connectivity index (χ1n) is 12.5. The third-order valence-corrected chi connectivity index (χ3v) is 7.72. The van der Waals surface area contributed by atoms with Gasteiger partial charge in [0.15, 0.2) is 5.78 Å². The van der Waals surface area contributed by atoms with E-state index < -0.39 is 47.6 Å². The van der Waals surface area contributed by atoms with E-state index >= 15 is 0 Å². The van der Waals surface area contributed by atoms with Gasteiger partial charge in [-0.3, -0.25) is 24.0 Å². The van der Waals surface area contributed by atoms with Crippen LogP contribution in [-0.2, 0) is 9.53 Å². The molecule has 3 heterocycles. The van der Waals surface area contributed by atoms with Crippen molar-refractivity contribution in [1.82, 2.24) is 9.55 Å². The summed E-state index contributed by atoms with van der Waals surface area (Å²) in [5.41, 5.74) is 5.98. The van der Waals surface area contributed by atoms with Crippen LogP contribution >= 0.6 is 11.6 Å². The van der Waals surface area contributed by atoms with Crippen molar-refractivity contribution in [2.75, 3.05) is 11.5 Å². The van der Waals surface area contributed by atoms with Gasteiger partial charge >= 0.3 is 5.69 Å². The molecule has 1 saturated heterocycles. The number of ketones is 1. The number of nitriles is 1. The number of nitrogens with one attached hydrogen (secondary N) is 1. The summed E-state index contributed by atoms with van der Waals surface area (Å²) in [5.74, 6) is -1.32. The number of ether oxygens (including phenoxy) is 1. The molecule has 0 saturated carbocycles. The lowest BCUT2D eigenvalue weighted by Gasteiger charge is -2.43. The Balaban J connectivity index is 1.73. The maximum Gasteiger partial charge on any atom is 0.330 e. The van der Waals surface area contributed by atoms with Crippen LogP contribution in [0.2, 0.25) is 5.02 Å². The molecule has 1 aromatic heterocycles. The van der Waals surface area contributed by atoms with Gasteiger partial charge in [0.1, 0.15) is 18.2 Å². The fraction of sp³-hybridized carbons (Fsp3) is 0.407. The first-order chi connectivity index (χ1) is 18.5. The number of benzene rings is 1. The minimum absolute atomic E-state index is 0.00419. The minimum atomic E-state index is -1.13. The second-order valence-corrected chi connectivity index (χ2v) is 11.3. The summed E-state index contributed by atoms with van der Waals surface area (Å²) in [5, 5.41) is 30.4. The monoisotopic (exact) mass is 553 g/mol. The molecule has 0 bridgehead atoms. The Morgan fingerprint density at radius 1 is 1.23 bits per heavy atom. The predicted octanol–water partition coefficient (Wildman–Crippen LogP) is 1.77. The Labute approximate surface area is 228 Å². The number of anilines is 1. The Hall–Kier alpha value is -3.69. The van der Waals surface area contributed by atoms with Gasteiger partial charge in [-0.1, -0.05) is 25.4 Å². The Kier molecular flexibility index (Phi) is 6.76. The Morgan fingerprint density at radius 3 is 2.54 bits per heavy atom. The molecule has 4 atom stereocenters. The van der Waals surface area contributed by atoms with Gasteiger partial charge in [0.25, 0.3) is 5.56 Å². The van der Waals surface area contributed by atoms with Crippen LogP contribution in [-0.4, -0.2) is 44.4 Å². The molecule has 1 aromatic carbocycles. The van der Waals surface area contributed by atoms with E-state index in [1.54, 1.807) is 29.2 Å². The van der Waals surface area contributed by atoms with Crippen molar-refractivity contribution in [3.05, 3.63) is 84.6 Å². The summed E-state index contributed by atoms with van der Waals surface area (Å²) in [4.78, 5) is 43.6. The zero-order valence-electron chi connectivity index (χ0n) is 21.3. The lowest BCUT2D eigenvalue weighted by atomic mass is 9.69. The van der Waals surface area contributed by atoms with Crippen LogP contribution in [0.25, 0.3) is 0 Å². The van der Waals surface area contributed by atoms with Gasteiger partial charge in [-0.25, -0.2) is 4.79 Å². The van der Waals surface area contributed by atoms with Crippen LogP contribution in [0.5, 0.6) is 0 Å². The molecule has 5 N–H and O–H groups in total. The molecule has 1 aliphatic carbocycles. The molecule has 2 aromatic rings. The number of nitrogens with two attached hydrogens (primary N) is 1. The van der Waals surface area contributed by atoms with Gasteiger partial charge in [-0.2, -0.15) is 5.26 Å². The number of hydrogen-bond acceptors (Lipinski definition) is 9. The van der Waals surface area contributed by atoms with Gasteiger partial charge < -0.3 is 20.7 Å². The maximum atomic E-state index is 13.7. The van der Waals surface area contributed by atoms with Crippen LogP contribution in [0.15, 0.2) is 62.7 Å². The Morgan fingerprint density at radius 2 is 1.92 bits per heavy atom. The van der Waals surface area contributed by atoms with Crippen molar-refractivity contribution in [3.8, 4) is 6.07 Å². The molecule has 0 amide bonds. The normalized spacial score (nSPS) is 26.6. The van der Waals surface area contributed by atoms with Crippen LogP contribution < -0.4 is 21.9 Å². The van der Waals surface area contributed by atoms with Gasteiger partial charge in [0.05, 0.1) is 30.3 Å². The van der Waals surface area contributed by atoms with E-state index in [1.807, 2.05) is 13.8 Å². The van der Waals surface area contributed by atoms with Gasteiger partial charge in [-0.05, 0) is 36.1 Å². The highest BCUT2D eigenvalue weighted by atomic mass is 35.5. The van der Waals surface area contributed by atoms with E-state index in [2.05, 4.69) is 11.1 Å². The maximum absolute atomic E-state index is 13.7. The van der Waals surface area contributed by atoms with Gasteiger partial charge in [0, 0.05) is 46.6 Å². The fourth-order valence-electron chi connectivity index (χ4n) is 5.68. The molecule has 2 unspecified atom stereocenters. The number of H-pyrrole nitrogens is 1. The third-order valence-electron chi connectivity index (χ3n) is 7.47. The summed E-state index contributed by atoms with van der Waals surface area (Å²) in [6.45, 7) is 3.46. The van der Waals surface area contributed by atoms with E-state index in [0.717, 1.165) is 4.57 Å². The number of hydrogen-bond donors (Lipinski definition) is 4. The first kappa shape index (κ1) is 26.9. The topological polar surface area (TPSA) is 175 Å². The number of aliphatic hydroxyl groups is 2. The second-order valence-electron chi connectivity index (χ2n) is 10.8. The quantitative estimate of drug-likeness (QED) is 0.439. The van der Waals surface area contributed by atoms with E-state index in [4.69, 9.17) is 22.1 Å². The Bertz CT molecular complexity index is 1560. The van der Waals surface area contributed by atoms with Gasteiger partial charge in [0.2, 0.25) is 0 Å². The minimum Gasteiger partial charge on any atom is -0.394 e. The number of allylic oxidation sites excluding steroid dienone is 3. The van der Waals surface area contributed by atoms with Crippen molar-refractivity contribution < 1.29 is 19.7 Å². The number of carbonyl (C=O) groups excluding carboxylic acids is 1. The summed E-state index contributed by atoms with van der Waals surface area (Å²) >= 11 is 6.09. The average molecular weight is 554 g/mol. The van der Waals surface area contributed by atoms with Crippen LogP contribution in [0, 0.1) is 16.7 Å². The van der Waals surface area contributed by atoms with Crippen LogP contribution in [0.4, 0.5) is 5.69 Å². The molecular formula is C27H28ClN5O6. The molecule has 3 aliphatic rings. The zero-order chi connectivity index (χ0) is 28.2. The van der Waals surface area contributed by atoms with E-state index in [-0.39, 0.29) is 41.2 Å². The van der Waals surface area contributed by atoms with Crippen molar-refractivity contribution >= 4 is 23.1 Å². The fourth-order valence-corrected chi connectivity index (χ4v) is 5.80. The number of nitrogens with zero attached hydrogens (tertiary/aromatic N) is 3. The lowest BCUT2D eigenvalue weighted by Crippen LogP contribution is -2.44. The summed E-state index contributed by atoms with van der Waals surface area (Å²) in [6, 6.07) is 8.91.